The molecule has 1 aromatic rings. The molecular formula is C16H19N3O5S. The van der Waals surface area contributed by atoms with Crippen molar-refractivity contribution in [1.29, 1.82) is 0 Å². The average molecular weight is 365 g/mol. The number of hydrogen-bond acceptors (Lipinski definition) is 5. The van der Waals surface area contributed by atoms with Crippen LogP contribution in [0, 0.1) is 0 Å². The van der Waals surface area contributed by atoms with Crippen molar-refractivity contribution in [3.63, 3.8) is 0 Å². The lowest BCUT2D eigenvalue weighted by Gasteiger charge is -2.34. The Hall–Kier alpha value is -2.26. The van der Waals surface area contributed by atoms with Crippen LogP contribution in [0.25, 0.3) is 0 Å². The van der Waals surface area contributed by atoms with Crippen molar-refractivity contribution < 1.29 is 22.8 Å². The lowest BCUT2D eigenvalue weighted by atomic mass is 10.1. The minimum Gasteiger partial charge on any atom is -0.329 e. The van der Waals surface area contributed by atoms with Gasteiger partial charge in [-0.2, -0.15) is 4.31 Å². The van der Waals surface area contributed by atoms with Crippen LogP contribution < -0.4 is 5.32 Å². The SMILES string of the molecule is CC(=O)c1ccc(S(=O)(=O)N2CCC(N3C(=O)CNC3=O)CC2)cc1. The average Bonchev–Trinajstić information content (AvgIpc) is 2.93. The molecule has 2 saturated heterocycles. The molecule has 0 atom stereocenters. The molecule has 0 spiro atoms. The van der Waals surface area contributed by atoms with Crippen LogP contribution in [0.1, 0.15) is 30.1 Å². The first-order valence-corrected chi connectivity index (χ1v) is 9.46. The summed E-state index contributed by atoms with van der Waals surface area (Å²) in [4.78, 5) is 36.1. The van der Waals surface area contributed by atoms with Crippen molar-refractivity contribution in [2.24, 2.45) is 0 Å². The highest BCUT2D eigenvalue weighted by atomic mass is 32.2. The van der Waals surface area contributed by atoms with E-state index >= 15 is 0 Å². The summed E-state index contributed by atoms with van der Waals surface area (Å²) in [5.41, 5.74) is 0.455. The van der Waals surface area contributed by atoms with Gasteiger partial charge in [0.1, 0.15) is 0 Å². The summed E-state index contributed by atoms with van der Waals surface area (Å²) in [5, 5.41) is 2.48. The molecule has 0 bridgehead atoms. The standard InChI is InChI=1S/C16H19N3O5S/c1-11(20)12-2-4-14(5-3-12)25(23,24)18-8-6-13(7-9-18)19-15(21)10-17-16(19)22/h2-5,13H,6-10H2,1H3,(H,17,22). The Bertz CT molecular complexity index is 795. The number of hydrogen-bond donors (Lipinski definition) is 1. The number of rotatable bonds is 4. The molecule has 3 rings (SSSR count). The number of sulfonamides is 1. The Morgan fingerprint density at radius 1 is 1.12 bits per heavy atom. The van der Waals surface area contributed by atoms with E-state index in [1.807, 2.05) is 0 Å². The van der Waals surface area contributed by atoms with Crippen molar-refractivity contribution in [1.82, 2.24) is 14.5 Å². The molecule has 0 saturated carbocycles. The summed E-state index contributed by atoms with van der Waals surface area (Å²) in [5.74, 6) is -0.399. The molecule has 0 radical (unpaired) electrons. The van der Waals surface area contributed by atoms with E-state index in [9.17, 15) is 22.8 Å². The van der Waals surface area contributed by atoms with Gasteiger partial charge in [-0.15, -0.1) is 0 Å². The van der Waals surface area contributed by atoms with Gasteiger partial charge >= 0.3 is 6.03 Å². The first-order chi connectivity index (χ1) is 11.8. The number of carbonyl (C=O) groups is 3. The molecule has 0 aliphatic carbocycles. The third-order valence-electron chi connectivity index (χ3n) is 4.57. The molecule has 1 N–H and O–H groups in total. The van der Waals surface area contributed by atoms with Crippen molar-refractivity contribution in [2.75, 3.05) is 19.6 Å². The molecule has 3 amide bonds. The maximum atomic E-state index is 12.7. The van der Waals surface area contributed by atoms with Gasteiger partial charge < -0.3 is 5.32 Å². The lowest BCUT2D eigenvalue weighted by Crippen LogP contribution is -2.48. The highest BCUT2D eigenvalue weighted by Gasteiger charge is 2.38. The van der Waals surface area contributed by atoms with Crippen LogP contribution in [0.15, 0.2) is 29.2 Å². The van der Waals surface area contributed by atoms with Gasteiger partial charge in [-0.25, -0.2) is 13.2 Å². The number of carbonyl (C=O) groups excluding carboxylic acids is 3. The number of nitrogens with one attached hydrogen (secondary N) is 1. The first-order valence-electron chi connectivity index (χ1n) is 8.02. The van der Waals surface area contributed by atoms with E-state index in [4.69, 9.17) is 0 Å². The summed E-state index contributed by atoms with van der Waals surface area (Å²) < 4.78 is 26.8. The largest absolute Gasteiger partial charge is 0.329 e. The zero-order valence-electron chi connectivity index (χ0n) is 13.8. The van der Waals surface area contributed by atoms with Gasteiger partial charge in [-0.05, 0) is 31.9 Å². The van der Waals surface area contributed by atoms with Gasteiger partial charge in [-0.3, -0.25) is 14.5 Å². The number of nitrogens with zero attached hydrogens (tertiary/aromatic N) is 2. The molecule has 2 heterocycles. The normalized spacial score (nSPS) is 20.0. The molecule has 2 aliphatic rings. The zero-order chi connectivity index (χ0) is 18.2. The second-order valence-corrected chi connectivity index (χ2v) is 8.08. The number of ketones is 1. The fraction of sp³-hybridized carbons (Fsp3) is 0.438. The number of Topliss-reactive ketones (excluding diaryl/α,β-unsaturated/α-hetero) is 1. The minimum atomic E-state index is -3.66. The van der Waals surface area contributed by atoms with E-state index < -0.39 is 16.1 Å². The van der Waals surface area contributed by atoms with E-state index in [1.165, 1.54) is 40.4 Å². The molecule has 0 unspecified atom stereocenters. The van der Waals surface area contributed by atoms with E-state index in [0.29, 0.717) is 18.4 Å². The molecule has 2 aliphatic heterocycles. The van der Waals surface area contributed by atoms with E-state index in [-0.39, 0.29) is 42.3 Å². The Morgan fingerprint density at radius 2 is 1.72 bits per heavy atom. The number of imide groups is 1. The maximum Gasteiger partial charge on any atom is 0.324 e. The highest BCUT2D eigenvalue weighted by Crippen LogP contribution is 2.24. The van der Waals surface area contributed by atoms with Gasteiger partial charge in [0, 0.05) is 24.7 Å². The van der Waals surface area contributed by atoms with Gasteiger partial charge in [-0.1, -0.05) is 12.1 Å². The Balaban J connectivity index is 1.70. The molecule has 2 fully saturated rings. The smallest absolute Gasteiger partial charge is 0.324 e. The summed E-state index contributed by atoms with van der Waals surface area (Å²) in [6, 6.07) is 5.16. The Morgan fingerprint density at radius 3 is 2.20 bits per heavy atom. The summed E-state index contributed by atoms with van der Waals surface area (Å²) in [7, 11) is -3.66. The number of piperidine rings is 1. The summed E-state index contributed by atoms with van der Waals surface area (Å²) >= 11 is 0. The van der Waals surface area contributed by atoms with Crippen LogP contribution in [0.3, 0.4) is 0 Å². The number of amides is 3. The third kappa shape index (κ3) is 3.29. The molecule has 1 aromatic carbocycles. The van der Waals surface area contributed by atoms with Crippen LogP contribution in [0.2, 0.25) is 0 Å². The van der Waals surface area contributed by atoms with Crippen molar-refractivity contribution in [2.45, 2.75) is 30.7 Å². The molecular weight excluding hydrogens is 346 g/mol. The topological polar surface area (TPSA) is 104 Å². The maximum absolute atomic E-state index is 12.7. The number of urea groups is 1. The minimum absolute atomic E-state index is 0.000155. The van der Waals surface area contributed by atoms with Crippen LogP contribution >= 0.6 is 0 Å². The third-order valence-corrected chi connectivity index (χ3v) is 6.48. The van der Waals surface area contributed by atoms with E-state index in [1.54, 1.807) is 0 Å². The Kier molecular flexibility index (Phi) is 4.61. The lowest BCUT2D eigenvalue weighted by molar-refractivity contribution is -0.127. The van der Waals surface area contributed by atoms with Crippen LogP contribution in [0.5, 0.6) is 0 Å². The molecule has 134 valence electrons. The molecule has 8 nitrogen and oxygen atoms in total. The monoisotopic (exact) mass is 365 g/mol. The fourth-order valence-electron chi connectivity index (χ4n) is 3.16. The van der Waals surface area contributed by atoms with Gasteiger partial charge in [0.25, 0.3) is 0 Å². The zero-order valence-corrected chi connectivity index (χ0v) is 14.6. The van der Waals surface area contributed by atoms with Crippen molar-refractivity contribution >= 4 is 27.7 Å². The fourth-order valence-corrected chi connectivity index (χ4v) is 4.63. The van der Waals surface area contributed by atoms with Crippen LogP contribution in [-0.2, 0) is 14.8 Å². The predicted molar refractivity (Wildman–Crippen MR) is 88.5 cm³/mol. The van der Waals surface area contributed by atoms with E-state index in [0.717, 1.165) is 0 Å². The second kappa shape index (κ2) is 6.57. The Labute approximate surface area is 145 Å². The second-order valence-electron chi connectivity index (χ2n) is 6.14. The van der Waals surface area contributed by atoms with Crippen molar-refractivity contribution in [3.8, 4) is 0 Å². The summed E-state index contributed by atoms with van der Waals surface area (Å²) in [6.45, 7) is 1.89. The number of benzene rings is 1. The first kappa shape index (κ1) is 17.6. The predicted octanol–water partition coefficient (Wildman–Crippen LogP) is 0.594. The van der Waals surface area contributed by atoms with Gasteiger partial charge in [0.2, 0.25) is 15.9 Å². The van der Waals surface area contributed by atoms with Crippen molar-refractivity contribution in [3.05, 3.63) is 29.8 Å². The van der Waals surface area contributed by atoms with Gasteiger partial charge in [0.15, 0.2) is 5.78 Å². The van der Waals surface area contributed by atoms with E-state index in [2.05, 4.69) is 5.32 Å². The van der Waals surface area contributed by atoms with Crippen LogP contribution in [-0.4, -0.2) is 61.0 Å². The van der Waals surface area contributed by atoms with Gasteiger partial charge in [0.05, 0.1) is 11.4 Å². The highest BCUT2D eigenvalue weighted by molar-refractivity contribution is 7.89. The van der Waals surface area contributed by atoms with Crippen LogP contribution in [0.4, 0.5) is 4.79 Å². The quantitative estimate of drug-likeness (QED) is 0.621. The molecule has 9 heteroatoms. The molecule has 25 heavy (non-hydrogen) atoms. The summed E-state index contributed by atoms with van der Waals surface area (Å²) in [6.07, 6.45) is 0.813. The molecule has 0 aromatic heterocycles.